The third-order valence-corrected chi connectivity index (χ3v) is 13.6. The highest BCUT2D eigenvalue weighted by molar-refractivity contribution is 8.76. The first kappa shape index (κ1) is 20.8. The van der Waals surface area contributed by atoms with Crippen LogP contribution in [0.2, 0.25) is 0 Å². The van der Waals surface area contributed by atoms with E-state index in [1.165, 1.54) is 22.8 Å². The number of hydrogen-bond acceptors (Lipinski definition) is 8. The Bertz CT molecular complexity index is 279. The van der Waals surface area contributed by atoms with E-state index in [4.69, 9.17) is 41.7 Å². The summed E-state index contributed by atoms with van der Waals surface area (Å²) < 4.78 is 22.2. The highest BCUT2D eigenvalue weighted by Gasteiger charge is 2.23. The van der Waals surface area contributed by atoms with Crippen molar-refractivity contribution >= 4 is 57.8 Å². The van der Waals surface area contributed by atoms with Crippen LogP contribution in [0.1, 0.15) is 27.7 Å². The van der Waals surface area contributed by atoms with Crippen molar-refractivity contribution in [2.45, 2.75) is 27.7 Å². The maximum atomic E-state index is 5.55. The maximum Gasteiger partial charge on any atom is 0.248 e. The Morgan fingerprint density at radius 3 is 1.16 bits per heavy atom. The van der Waals surface area contributed by atoms with Crippen LogP contribution in [0.15, 0.2) is 0 Å². The Balaban J connectivity index is 4.36. The first-order valence-corrected chi connectivity index (χ1v) is 14.5. The molecule has 116 valence electrons. The molecule has 0 bridgehead atoms. The van der Waals surface area contributed by atoms with Gasteiger partial charge in [0.15, 0.2) is 0 Å². The third kappa shape index (κ3) is 9.46. The lowest BCUT2D eigenvalue weighted by Gasteiger charge is -2.23. The zero-order valence-electron chi connectivity index (χ0n) is 11.7. The van der Waals surface area contributed by atoms with Crippen LogP contribution >= 0.6 is 34.2 Å². The molecule has 0 spiro atoms. The summed E-state index contributed by atoms with van der Waals surface area (Å²) in [4.78, 5) is 0. The smallest absolute Gasteiger partial charge is 0.248 e. The van der Waals surface area contributed by atoms with E-state index in [1.54, 1.807) is 0 Å². The quantitative estimate of drug-likeness (QED) is 0.343. The van der Waals surface area contributed by atoms with Gasteiger partial charge in [0.05, 0.1) is 31.5 Å². The lowest BCUT2D eigenvalue weighted by atomic mass is 10.9. The normalized spacial score (nSPS) is 12.8. The van der Waals surface area contributed by atoms with Crippen LogP contribution in [0.3, 0.4) is 0 Å². The predicted octanol–water partition coefficient (Wildman–Crippen LogP) is 5.01. The fourth-order valence-corrected chi connectivity index (χ4v) is 13.7. The highest BCUT2D eigenvalue weighted by atomic mass is 32.9. The minimum atomic E-state index is -2.25. The molecule has 0 fully saturated rings. The minimum absolute atomic E-state index is 0.556. The average Bonchev–Trinajstić information content (AvgIpc) is 2.29. The lowest BCUT2D eigenvalue weighted by molar-refractivity contribution is 0.280. The van der Waals surface area contributed by atoms with Gasteiger partial charge in [-0.25, -0.2) is 0 Å². The second-order valence-corrected chi connectivity index (χ2v) is 15.9. The fourth-order valence-electron chi connectivity index (χ4n) is 1.01. The van der Waals surface area contributed by atoms with Crippen molar-refractivity contribution in [2.75, 3.05) is 31.5 Å². The molecular formula is C9H22O4P2S4. The van der Waals surface area contributed by atoms with E-state index in [2.05, 4.69) is 0 Å². The predicted molar refractivity (Wildman–Crippen MR) is 95.1 cm³/mol. The van der Waals surface area contributed by atoms with Gasteiger partial charge in [-0.15, -0.1) is 0 Å². The largest absolute Gasteiger partial charge is 0.322 e. The van der Waals surface area contributed by atoms with E-state index >= 15 is 0 Å². The van der Waals surface area contributed by atoms with Crippen molar-refractivity contribution < 1.29 is 18.1 Å². The first-order valence-electron chi connectivity index (χ1n) is 6.02. The molecule has 0 aromatic heterocycles. The van der Waals surface area contributed by atoms with E-state index in [9.17, 15) is 0 Å². The van der Waals surface area contributed by atoms with Crippen LogP contribution in [0.25, 0.3) is 0 Å². The molecule has 0 N–H and O–H groups in total. The molecule has 0 rings (SSSR count). The van der Waals surface area contributed by atoms with Crippen molar-refractivity contribution in [1.29, 1.82) is 0 Å². The molecule has 0 aliphatic rings. The fraction of sp³-hybridized carbons (Fsp3) is 1.00. The van der Waals surface area contributed by atoms with E-state index in [0.717, 1.165) is 0 Å². The van der Waals surface area contributed by atoms with Gasteiger partial charge in [-0.3, -0.25) is 0 Å². The molecule has 0 radical (unpaired) electrons. The van der Waals surface area contributed by atoms with E-state index in [1.807, 2.05) is 27.7 Å². The Labute approximate surface area is 134 Å². The second kappa shape index (κ2) is 11.4. The van der Waals surface area contributed by atoms with Gasteiger partial charge >= 0.3 is 0 Å². The van der Waals surface area contributed by atoms with Crippen LogP contribution in [0, 0.1) is 0 Å². The van der Waals surface area contributed by atoms with E-state index < -0.39 is 11.4 Å². The van der Waals surface area contributed by atoms with Gasteiger partial charge in [0, 0.05) is 0 Å². The molecule has 0 amide bonds. The Kier molecular flexibility index (Phi) is 12.5. The van der Waals surface area contributed by atoms with E-state index in [-0.39, 0.29) is 0 Å². The molecule has 0 heterocycles. The molecule has 10 heteroatoms. The molecule has 0 unspecified atom stereocenters. The molecule has 0 saturated carbocycles. The van der Waals surface area contributed by atoms with Gasteiger partial charge in [-0.05, 0) is 51.3 Å². The van der Waals surface area contributed by atoms with Gasteiger partial charge in [0.1, 0.15) is 0 Å². The summed E-state index contributed by atoms with van der Waals surface area (Å²) in [7, 11) is 0. The van der Waals surface area contributed by atoms with E-state index in [0.29, 0.717) is 31.5 Å². The first-order chi connectivity index (χ1) is 8.95. The van der Waals surface area contributed by atoms with Crippen molar-refractivity contribution in [2.24, 2.45) is 0 Å². The summed E-state index contributed by atoms with van der Waals surface area (Å²) in [5.41, 5.74) is -4.51. The van der Waals surface area contributed by atoms with Crippen molar-refractivity contribution in [3.63, 3.8) is 0 Å². The summed E-state index contributed by atoms with van der Waals surface area (Å²) in [6.07, 6.45) is 0. The summed E-state index contributed by atoms with van der Waals surface area (Å²) in [5, 5.41) is 0.661. The number of hydrogen-bond donors (Lipinski definition) is 0. The molecule has 0 aliphatic carbocycles. The van der Waals surface area contributed by atoms with Crippen LogP contribution < -0.4 is 0 Å². The van der Waals surface area contributed by atoms with Crippen LogP contribution in [-0.2, 0) is 41.7 Å². The molecule has 0 atom stereocenters. The Hall–Kier alpha value is 1.84. The highest BCUT2D eigenvalue weighted by Crippen LogP contribution is 2.67. The van der Waals surface area contributed by atoms with Crippen LogP contribution in [0.4, 0.5) is 0 Å². The minimum Gasteiger partial charge on any atom is -0.322 e. The van der Waals surface area contributed by atoms with Crippen LogP contribution in [-0.4, -0.2) is 31.5 Å². The van der Waals surface area contributed by atoms with Gasteiger partial charge in [-0.1, -0.05) is 22.8 Å². The zero-order valence-corrected chi connectivity index (χ0v) is 16.8. The Morgan fingerprint density at radius 2 is 0.947 bits per heavy atom. The standard InChI is InChI=1S/C9H22O4P2S4/c1-5-10-14(16,11-6-2)18-9-19-15(17,12-7-3)13-8-4/h5-9H2,1-4H3. The lowest BCUT2D eigenvalue weighted by Crippen LogP contribution is -1.94. The SMILES string of the molecule is CCOP(=S)(OCC)SCSP(=S)(OCC)OCC. The van der Waals surface area contributed by atoms with Gasteiger partial charge in [0.2, 0.25) is 11.4 Å². The van der Waals surface area contributed by atoms with Gasteiger partial charge in [0.25, 0.3) is 0 Å². The monoisotopic (exact) mass is 384 g/mol. The second-order valence-electron chi connectivity index (χ2n) is 2.94. The zero-order chi connectivity index (χ0) is 14.8. The topological polar surface area (TPSA) is 36.9 Å². The summed E-state index contributed by atoms with van der Waals surface area (Å²) in [5.74, 6) is 0. The third-order valence-electron chi connectivity index (χ3n) is 1.57. The molecule has 19 heavy (non-hydrogen) atoms. The Morgan fingerprint density at radius 1 is 0.684 bits per heavy atom. The molecule has 0 aromatic carbocycles. The molecule has 0 saturated heterocycles. The van der Waals surface area contributed by atoms with Crippen molar-refractivity contribution in [3.8, 4) is 0 Å². The summed E-state index contributed by atoms with van der Waals surface area (Å²) in [6, 6.07) is 0. The molecule has 0 aliphatic heterocycles. The van der Waals surface area contributed by atoms with Gasteiger partial charge < -0.3 is 18.1 Å². The van der Waals surface area contributed by atoms with Gasteiger partial charge in [-0.2, -0.15) is 0 Å². The summed E-state index contributed by atoms with van der Waals surface area (Å²) in [6.45, 7) is 9.88. The maximum absolute atomic E-state index is 5.55. The van der Waals surface area contributed by atoms with Crippen molar-refractivity contribution in [1.82, 2.24) is 0 Å². The number of rotatable bonds is 12. The summed E-state index contributed by atoms with van der Waals surface area (Å²) >= 11 is 13.9. The van der Waals surface area contributed by atoms with Crippen LogP contribution in [0.5, 0.6) is 0 Å². The average molecular weight is 384 g/mol. The molecule has 4 nitrogen and oxygen atoms in total. The van der Waals surface area contributed by atoms with Crippen molar-refractivity contribution in [3.05, 3.63) is 0 Å². The molecule has 0 aromatic rings. The molecular weight excluding hydrogens is 362 g/mol.